The molecule has 0 amide bonds. The molecule has 5 aromatic carbocycles. The monoisotopic (exact) mass is 688 g/mol. The molecule has 2 unspecified atom stereocenters. The predicted octanol–water partition coefficient (Wildman–Crippen LogP) is 10.3. The Labute approximate surface area is 307 Å². The van der Waals surface area contributed by atoms with Gasteiger partial charge in [0.15, 0.2) is 0 Å². The topological polar surface area (TPSA) is 50.7 Å². The highest BCUT2D eigenvalue weighted by atomic mass is 16.5. The minimum absolute atomic E-state index is 0.159. The van der Waals surface area contributed by atoms with Gasteiger partial charge in [-0.1, -0.05) is 122 Å². The van der Waals surface area contributed by atoms with Gasteiger partial charge in [-0.05, 0) is 72.5 Å². The van der Waals surface area contributed by atoms with Crippen molar-refractivity contribution in [3.63, 3.8) is 0 Å². The lowest BCUT2D eigenvalue weighted by molar-refractivity contribution is 0.0423. The summed E-state index contributed by atoms with van der Waals surface area (Å²) in [6.45, 7) is 11.8. The Morgan fingerprint density at radius 3 is 1.38 bits per heavy atom. The number of benzene rings is 5. The van der Waals surface area contributed by atoms with E-state index in [2.05, 4.69) is 120 Å². The van der Waals surface area contributed by atoms with Gasteiger partial charge in [0.05, 0.1) is 22.9 Å². The van der Waals surface area contributed by atoms with E-state index in [9.17, 15) is 0 Å². The number of hydrogen-bond acceptors (Lipinski definition) is 6. The van der Waals surface area contributed by atoms with Gasteiger partial charge in [0.25, 0.3) is 0 Å². The second-order valence-electron chi connectivity index (χ2n) is 14.3. The normalized spacial score (nSPS) is 19.7. The highest BCUT2D eigenvalue weighted by Crippen LogP contribution is 2.41. The molecule has 0 radical (unpaired) electrons. The smallest absolute Gasteiger partial charge is 0.242 e. The molecule has 8 rings (SSSR count). The van der Waals surface area contributed by atoms with Crippen molar-refractivity contribution < 1.29 is 9.47 Å². The molecule has 0 N–H and O–H groups in total. The average Bonchev–Trinajstić information content (AvgIpc) is 3.20. The molecule has 6 nitrogen and oxygen atoms in total. The first-order chi connectivity index (χ1) is 25.7. The standard InChI is InChI=1S/C46H48N4O2/c1-3-29-49-31-13-11-27-41(49)43(37-25-15-19-33-17-5-7-21-35(33)37)51-45-39-23-9-10-24-40(39)46(48-47-45)52-44(42-28-12-14-32-50(42)30-4-2)38-26-16-20-34-18-6-8-22-36(34)38/h3-10,15-26,41-44H,1-2,11-14,27-32H2/t41-,42-,43?,44?/m1/s1. The Kier molecular flexibility index (Phi) is 10.3. The number of nitrogens with zero attached hydrogens (tertiary/aromatic N) is 4. The lowest BCUT2D eigenvalue weighted by atomic mass is 9.90. The molecule has 52 heavy (non-hydrogen) atoms. The van der Waals surface area contributed by atoms with Crippen molar-refractivity contribution in [2.45, 2.75) is 62.8 Å². The van der Waals surface area contributed by atoms with E-state index in [4.69, 9.17) is 19.7 Å². The van der Waals surface area contributed by atoms with Crippen LogP contribution in [0.25, 0.3) is 32.3 Å². The first-order valence-electron chi connectivity index (χ1n) is 19.0. The van der Waals surface area contributed by atoms with Crippen molar-refractivity contribution in [1.82, 2.24) is 20.0 Å². The van der Waals surface area contributed by atoms with Gasteiger partial charge in [0.1, 0.15) is 12.2 Å². The van der Waals surface area contributed by atoms with Gasteiger partial charge >= 0.3 is 0 Å². The minimum atomic E-state index is -0.256. The summed E-state index contributed by atoms with van der Waals surface area (Å²) >= 11 is 0. The molecule has 4 atom stereocenters. The van der Waals surface area contributed by atoms with E-state index >= 15 is 0 Å². The summed E-state index contributed by atoms with van der Waals surface area (Å²) in [4.78, 5) is 5.04. The van der Waals surface area contributed by atoms with Gasteiger partial charge in [-0.25, -0.2) is 0 Å². The Morgan fingerprint density at radius 1 is 0.538 bits per heavy atom. The first-order valence-corrected chi connectivity index (χ1v) is 19.0. The third-order valence-corrected chi connectivity index (χ3v) is 11.1. The summed E-state index contributed by atoms with van der Waals surface area (Å²) in [5, 5.41) is 16.3. The van der Waals surface area contributed by atoms with Crippen LogP contribution in [0.5, 0.6) is 11.8 Å². The fourth-order valence-corrected chi connectivity index (χ4v) is 8.67. The molecule has 264 valence electrons. The molecule has 0 saturated carbocycles. The van der Waals surface area contributed by atoms with Gasteiger partial charge in [-0.15, -0.1) is 23.4 Å². The average molecular weight is 689 g/mol. The molecule has 2 fully saturated rings. The number of ether oxygens (including phenoxy) is 2. The van der Waals surface area contributed by atoms with Crippen molar-refractivity contribution >= 4 is 32.3 Å². The summed E-state index contributed by atoms with van der Waals surface area (Å²) in [5.74, 6) is 1.05. The molecule has 0 bridgehead atoms. The van der Waals surface area contributed by atoms with Crippen LogP contribution in [0.1, 0.15) is 61.9 Å². The molecule has 3 heterocycles. The quantitative estimate of drug-likeness (QED) is 0.119. The summed E-state index contributed by atoms with van der Waals surface area (Å²) in [7, 11) is 0. The van der Waals surface area contributed by atoms with Crippen molar-refractivity contribution in [2.24, 2.45) is 0 Å². The van der Waals surface area contributed by atoms with Gasteiger partial charge in [-0.2, -0.15) is 0 Å². The SMILES string of the molecule is C=CCN1CCCC[C@@H]1C(Oc1nnc(OC(c2cccc3ccccc23)[C@H]2CCCCN2CC=C)c2ccccc12)c1cccc2ccccc12. The summed E-state index contributed by atoms with van der Waals surface area (Å²) in [6.07, 6.45) is 10.2. The van der Waals surface area contributed by atoms with Crippen LogP contribution in [0.3, 0.4) is 0 Å². The van der Waals surface area contributed by atoms with E-state index in [1.807, 2.05) is 24.3 Å². The number of rotatable bonds is 12. The van der Waals surface area contributed by atoms with E-state index < -0.39 is 0 Å². The zero-order chi connectivity index (χ0) is 35.3. The molecule has 2 aliphatic heterocycles. The molecule has 2 aliphatic rings. The maximum Gasteiger partial charge on any atom is 0.242 e. The third-order valence-electron chi connectivity index (χ3n) is 11.1. The Bertz CT molecular complexity index is 2020. The van der Waals surface area contributed by atoms with Crippen molar-refractivity contribution in [2.75, 3.05) is 26.2 Å². The van der Waals surface area contributed by atoms with Crippen molar-refractivity contribution in [1.29, 1.82) is 0 Å². The van der Waals surface area contributed by atoms with Crippen LogP contribution < -0.4 is 9.47 Å². The van der Waals surface area contributed by atoms with Crippen LogP contribution >= 0.6 is 0 Å². The number of likely N-dealkylation sites (tertiary alicyclic amines) is 2. The summed E-state index contributed by atoms with van der Waals surface area (Å²) in [6, 6.07) is 38.8. The fourth-order valence-electron chi connectivity index (χ4n) is 8.67. The molecule has 2 saturated heterocycles. The van der Waals surface area contributed by atoms with Gasteiger partial charge < -0.3 is 9.47 Å². The maximum absolute atomic E-state index is 7.18. The van der Waals surface area contributed by atoms with Crippen LogP contribution in [-0.2, 0) is 0 Å². The van der Waals surface area contributed by atoms with Crippen LogP contribution in [-0.4, -0.2) is 58.3 Å². The van der Waals surface area contributed by atoms with Gasteiger partial charge in [-0.3, -0.25) is 9.80 Å². The largest absolute Gasteiger partial charge is 0.466 e. The third kappa shape index (κ3) is 6.81. The van der Waals surface area contributed by atoms with E-state index in [1.54, 1.807) is 0 Å². The summed E-state index contributed by atoms with van der Waals surface area (Å²) in [5.41, 5.74) is 2.33. The van der Waals surface area contributed by atoms with Crippen LogP contribution in [0.15, 0.2) is 135 Å². The molecule has 6 aromatic rings. The second kappa shape index (κ2) is 15.7. The Morgan fingerprint density at radius 2 is 0.942 bits per heavy atom. The van der Waals surface area contributed by atoms with Crippen LogP contribution in [0.4, 0.5) is 0 Å². The lowest BCUT2D eigenvalue weighted by Crippen LogP contribution is -2.45. The fraction of sp³-hybridized carbons (Fsp3) is 0.304. The minimum Gasteiger partial charge on any atom is -0.466 e. The number of aromatic nitrogens is 2. The highest BCUT2D eigenvalue weighted by Gasteiger charge is 2.36. The number of fused-ring (bicyclic) bond motifs is 3. The predicted molar refractivity (Wildman–Crippen MR) is 213 cm³/mol. The van der Waals surface area contributed by atoms with E-state index in [1.165, 1.54) is 45.5 Å². The first kappa shape index (κ1) is 34.1. The number of piperidine rings is 2. The van der Waals surface area contributed by atoms with Crippen molar-refractivity contribution in [3.05, 3.63) is 146 Å². The lowest BCUT2D eigenvalue weighted by Gasteiger charge is -2.40. The Hall–Kier alpha value is -5.04. The molecule has 1 aromatic heterocycles. The molecule has 6 heteroatoms. The maximum atomic E-state index is 7.18. The van der Waals surface area contributed by atoms with E-state index in [0.717, 1.165) is 62.6 Å². The van der Waals surface area contributed by atoms with Gasteiger partial charge in [0, 0.05) is 24.2 Å². The highest BCUT2D eigenvalue weighted by molar-refractivity contribution is 5.91. The zero-order valence-corrected chi connectivity index (χ0v) is 29.9. The second-order valence-corrected chi connectivity index (χ2v) is 14.3. The Balaban J connectivity index is 1.22. The van der Waals surface area contributed by atoms with Crippen LogP contribution in [0.2, 0.25) is 0 Å². The number of hydrogen-bond donors (Lipinski definition) is 0. The zero-order valence-electron chi connectivity index (χ0n) is 29.9. The molecule has 0 aliphatic carbocycles. The van der Waals surface area contributed by atoms with E-state index in [0.29, 0.717) is 11.8 Å². The molecule has 0 spiro atoms. The van der Waals surface area contributed by atoms with Crippen LogP contribution in [0, 0.1) is 0 Å². The van der Waals surface area contributed by atoms with E-state index in [-0.39, 0.29) is 24.3 Å². The molecular formula is C46H48N4O2. The van der Waals surface area contributed by atoms with Crippen molar-refractivity contribution in [3.8, 4) is 11.8 Å². The molecular weight excluding hydrogens is 641 g/mol. The van der Waals surface area contributed by atoms with Gasteiger partial charge in [0.2, 0.25) is 11.8 Å². The summed E-state index contributed by atoms with van der Waals surface area (Å²) < 4.78 is 14.4.